The fourth-order valence-electron chi connectivity index (χ4n) is 1.42. The van der Waals surface area contributed by atoms with Gasteiger partial charge in [0.05, 0.1) is 18.7 Å². The fraction of sp³-hybridized carbons (Fsp3) is 0.455. The van der Waals surface area contributed by atoms with Crippen molar-refractivity contribution >= 4 is 15.9 Å². The van der Waals surface area contributed by atoms with Gasteiger partial charge in [-0.3, -0.25) is 0 Å². The van der Waals surface area contributed by atoms with Crippen LogP contribution in [0.4, 0.5) is 0 Å². The van der Waals surface area contributed by atoms with E-state index in [2.05, 4.69) is 41.3 Å². The van der Waals surface area contributed by atoms with Crippen LogP contribution < -0.4 is 10.2 Å². The van der Waals surface area contributed by atoms with Crippen molar-refractivity contribution in [1.29, 1.82) is 0 Å². The van der Waals surface area contributed by atoms with Crippen LogP contribution in [-0.2, 0) is 11.4 Å². The van der Waals surface area contributed by atoms with Crippen LogP contribution >= 0.6 is 15.9 Å². The number of hydroxylamine groups is 1. The van der Waals surface area contributed by atoms with Crippen molar-refractivity contribution in [3.63, 3.8) is 0 Å². The average molecular weight is 274 g/mol. The number of benzene rings is 1. The fourth-order valence-corrected chi connectivity index (χ4v) is 2.15. The summed E-state index contributed by atoms with van der Waals surface area (Å²) in [6.45, 7) is 4.77. The molecule has 0 aromatic heterocycles. The van der Waals surface area contributed by atoms with E-state index in [1.807, 2.05) is 0 Å². The minimum Gasteiger partial charge on any atom is -0.495 e. The maximum atomic E-state index is 5.37. The summed E-state index contributed by atoms with van der Waals surface area (Å²) in [5.74, 6) is 0.864. The van der Waals surface area contributed by atoms with Gasteiger partial charge in [-0.2, -0.15) is 5.48 Å². The van der Waals surface area contributed by atoms with Crippen LogP contribution in [0.3, 0.4) is 0 Å². The Kier molecular flexibility index (Phi) is 4.57. The van der Waals surface area contributed by atoms with Crippen LogP contribution in [0.1, 0.15) is 16.7 Å². The summed E-state index contributed by atoms with van der Waals surface area (Å²) in [7, 11) is 3.27. The van der Waals surface area contributed by atoms with Crippen LogP contribution in [-0.4, -0.2) is 14.2 Å². The summed E-state index contributed by atoms with van der Waals surface area (Å²) in [5, 5.41) is 0. The lowest BCUT2D eigenvalue weighted by atomic mass is 10.1. The van der Waals surface area contributed by atoms with Crippen molar-refractivity contribution in [2.75, 3.05) is 14.2 Å². The van der Waals surface area contributed by atoms with Crippen molar-refractivity contribution in [2.45, 2.75) is 20.4 Å². The summed E-state index contributed by atoms with van der Waals surface area (Å²) in [6, 6.07) is 2.10. The molecule has 0 saturated carbocycles. The number of ether oxygens (including phenoxy) is 1. The first-order valence-corrected chi connectivity index (χ1v) is 5.49. The second kappa shape index (κ2) is 5.49. The Morgan fingerprint density at radius 1 is 1.33 bits per heavy atom. The maximum absolute atomic E-state index is 5.37. The number of hydrogen-bond acceptors (Lipinski definition) is 3. The third-order valence-corrected chi connectivity index (χ3v) is 3.37. The lowest BCUT2D eigenvalue weighted by Crippen LogP contribution is -2.12. The Balaban J connectivity index is 3.13. The molecule has 0 aliphatic heterocycles. The van der Waals surface area contributed by atoms with Gasteiger partial charge in [-0.15, -0.1) is 0 Å². The topological polar surface area (TPSA) is 30.5 Å². The molecule has 3 nitrogen and oxygen atoms in total. The normalized spacial score (nSPS) is 10.5. The first-order chi connectivity index (χ1) is 7.11. The summed E-state index contributed by atoms with van der Waals surface area (Å²) in [6.07, 6.45) is 0. The molecule has 0 bridgehead atoms. The second-order valence-electron chi connectivity index (χ2n) is 3.35. The number of nitrogens with one attached hydrogen (secondary N) is 1. The third kappa shape index (κ3) is 2.71. The van der Waals surface area contributed by atoms with Gasteiger partial charge in [0.25, 0.3) is 0 Å². The smallest absolute Gasteiger partial charge is 0.137 e. The SMILES string of the molecule is CONCc1cc(C)c(C)c(Br)c1OC. The van der Waals surface area contributed by atoms with Gasteiger partial charge in [0.2, 0.25) is 0 Å². The highest BCUT2D eigenvalue weighted by molar-refractivity contribution is 9.10. The van der Waals surface area contributed by atoms with Crippen LogP contribution in [0.2, 0.25) is 0 Å². The molecule has 84 valence electrons. The predicted molar refractivity (Wildman–Crippen MR) is 64.0 cm³/mol. The lowest BCUT2D eigenvalue weighted by molar-refractivity contribution is 0.0861. The number of methoxy groups -OCH3 is 1. The molecule has 0 atom stereocenters. The van der Waals surface area contributed by atoms with Gasteiger partial charge in [-0.05, 0) is 40.9 Å². The van der Waals surface area contributed by atoms with E-state index in [0.717, 1.165) is 15.8 Å². The van der Waals surface area contributed by atoms with Crippen molar-refractivity contribution in [3.05, 3.63) is 27.2 Å². The Morgan fingerprint density at radius 3 is 2.53 bits per heavy atom. The molecule has 0 saturated heterocycles. The van der Waals surface area contributed by atoms with Crippen molar-refractivity contribution in [3.8, 4) is 5.75 Å². The van der Waals surface area contributed by atoms with Crippen LogP contribution in [0.25, 0.3) is 0 Å². The molecular formula is C11H16BrNO2. The van der Waals surface area contributed by atoms with Crippen molar-refractivity contribution < 1.29 is 9.57 Å². The maximum Gasteiger partial charge on any atom is 0.137 e. The monoisotopic (exact) mass is 273 g/mol. The molecule has 0 fully saturated rings. The summed E-state index contributed by atoms with van der Waals surface area (Å²) >= 11 is 3.54. The van der Waals surface area contributed by atoms with Gasteiger partial charge in [0.15, 0.2) is 0 Å². The zero-order chi connectivity index (χ0) is 11.4. The molecule has 1 N–H and O–H groups in total. The summed E-state index contributed by atoms with van der Waals surface area (Å²) in [5.41, 5.74) is 6.32. The van der Waals surface area contributed by atoms with Crippen LogP contribution in [0, 0.1) is 13.8 Å². The zero-order valence-electron chi connectivity index (χ0n) is 9.48. The van der Waals surface area contributed by atoms with Gasteiger partial charge in [-0.1, -0.05) is 6.07 Å². The molecule has 0 aliphatic carbocycles. The molecule has 1 aromatic rings. The molecule has 0 heterocycles. The van der Waals surface area contributed by atoms with Crippen molar-refractivity contribution in [2.24, 2.45) is 0 Å². The van der Waals surface area contributed by atoms with E-state index >= 15 is 0 Å². The molecule has 4 heteroatoms. The molecule has 0 aliphatic rings. The first-order valence-electron chi connectivity index (χ1n) is 4.70. The number of hydrogen-bond donors (Lipinski definition) is 1. The Bertz CT molecular complexity index is 353. The standard InChI is InChI=1S/C11H16BrNO2/c1-7-5-9(6-13-15-4)11(14-3)10(12)8(7)2/h5,13H,6H2,1-4H3. The highest BCUT2D eigenvalue weighted by atomic mass is 79.9. The first kappa shape index (κ1) is 12.5. The highest BCUT2D eigenvalue weighted by Gasteiger charge is 2.11. The molecule has 0 unspecified atom stereocenters. The molecule has 15 heavy (non-hydrogen) atoms. The van der Waals surface area contributed by atoms with Gasteiger partial charge in [0.1, 0.15) is 5.75 Å². The van der Waals surface area contributed by atoms with E-state index in [1.165, 1.54) is 11.1 Å². The molecule has 0 spiro atoms. The van der Waals surface area contributed by atoms with Gasteiger partial charge >= 0.3 is 0 Å². The van der Waals surface area contributed by atoms with E-state index in [-0.39, 0.29) is 0 Å². The van der Waals surface area contributed by atoms with Gasteiger partial charge in [-0.25, -0.2) is 0 Å². The second-order valence-corrected chi connectivity index (χ2v) is 4.14. The predicted octanol–water partition coefficient (Wildman–Crippen LogP) is 2.73. The zero-order valence-corrected chi connectivity index (χ0v) is 11.1. The van der Waals surface area contributed by atoms with E-state index < -0.39 is 0 Å². The minimum absolute atomic E-state index is 0.624. The summed E-state index contributed by atoms with van der Waals surface area (Å²) < 4.78 is 6.38. The molecule has 0 amide bonds. The van der Waals surface area contributed by atoms with E-state index in [9.17, 15) is 0 Å². The van der Waals surface area contributed by atoms with Gasteiger partial charge in [0, 0.05) is 12.1 Å². The van der Waals surface area contributed by atoms with Gasteiger partial charge < -0.3 is 9.57 Å². The van der Waals surface area contributed by atoms with E-state index in [1.54, 1.807) is 14.2 Å². The number of rotatable bonds is 4. The summed E-state index contributed by atoms with van der Waals surface area (Å²) in [4.78, 5) is 4.83. The van der Waals surface area contributed by atoms with E-state index in [4.69, 9.17) is 9.57 Å². The minimum atomic E-state index is 0.624. The average Bonchev–Trinajstić information content (AvgIpc) is 2.23. The molecular weight excluding hydrogens is 258 g/mol. The van der Waals surface area contributed by atoms with Crippen molar-refractivity contribution in [1.82, 2.24) is 5.48 Å². The molecule has 0 radical (unpaired) electrons. The molecule has 1 rings (SSSR count). The van der Waals surface area contributed by atoms with E-state index in [0.29, 0.717) is 6.54 Å². The molecule has 1 aromatic carbocycles. The van der Waals surface area contributed by atoms with Crippen LogP contribution in [0.5, 0.6) is 5.75 Å². The highest BCUT2D eigenvalue weighted by Crippen LogP contribution is 2.34. The van der Waals surface area contributed by atoms with Crippen LogP contribution in [0.15, 0.2) is 10.5 Å². The Morgan fingerprint density at radius 2 is 2.00 bits per heavy atom. The Labute approximate surface area is 98.9 Å². The lowest BCUT2D eigenvalue weighted by Gasteiger charge is -2.14. The number of aryl methyl sites for hydroxylation is 1. The quantitative estimate of drug-likeness (QED) is 0.856. The largest absolute Gasteiger partial charge is 0.495 e. The Hall–Kier alpha value is -0.580. The number of halogens is 1. The third-order valence-electron chi connectivity index (χ3n) is 2.41.